The third-order valence-corrected chi connectivity index (χ3v) is 6.02. The smallest absolute Gasteiger partial charge is 0.251 e. The van der Waals surface area contributed by atoms with Gasteiger partial charge in [0.1, 0.15) is 5.75 Å². The summed E-state index contributed by atoms with van der Waals surface area (Å²) in [5, 5.41) is 0. The molecule has 33 heavy (non-hydrogen) atoms. The highest BCUT2D eigenvalue weighted by Crippen LogP contribution is 2.42. The first-order valence-corrected chi connectivity index (χ1v) is 11.1. The maximum absolute atomic E-state index is 13.3. The normalized spacial score (nSPS) is 17.5. The monoisotopic (exact) mass is 440 g/mol. The van der Waals surface area contributed by atoms with E-state index in [4.69, 9.17) is 4.74 Å². The molecule has 0 saturated heterocycles. The van der Waals surface area contributed by atoms with E-state index in [1.165, 1.54) is 0 Å². The summed E-state index contributed by atoms with van der Waals surface area (Å²) in [6.45, 7) is 3.63. The molecule has 0 fully saturated rings. The predicted molar refractivity (Wildman–Crippen MR) is 132 cm³/mol. The molecule has 1 heterocycles. The molecule has 1 aliphatic rings. The summed E-state index contributed by atoms with van der Waals surface area (Å²) in [7, 11) is 1.63. The van der Waals surface area contributed by atoms with Crippen LogP contribution in [0, 0.1) is 0 Å². The van der Waals surface area contributed by atoms with Crippen molar-refractivity contribution in [3.63, 3.8) is 0 Å². The molecule has 0 radical (unpaired) electrons. The Labute approximate surface area is 194 Å². The molecule has 5 heteroatoms. The highest BCUT2D eigenvalue weighted by molar-refractivity contribution is 6.05. The Morgan fingerprint density at radius 2 is 1.64 bits per heavy atom. The second-order valence-corrected chi connectivity index (χ2v) is 8.20. The Hall–Kier alpha value is -3.86. The van der Waals surface area contributed by atoms with Gasteiger partial charge in [-0.3, -0.25) is 9.59 Å². The van der Waals surface area contributed by atoms with Gasteiger partial charge in [0, 0.05) is 30.4 Å². The number of anilines is 2. The fourth-order valence-electron chi connectivity index (χ4n) is 4.49. The van der Waals surface area contributed by atoms with Gasteiger partial charge < -0.3 is 14.5 Å². The van der Waals surface area contributed by atoms with Gasteiger partial charge in [-0.2, -0.15) is 0 Å². The van der Waals surface area contributed by atoms with Gasteiger partial charge in [0.2, 0.25) is 5.91 Å². The summed E-state index contributed by atoms with van der Waals surface area (Å²) < 4.78 is 5.19. The van der Waals surface area contributed by atoms with Crippen LogP contribution in [0.4, 0.5) is 11.4 Å². The number of nitrogens with zero attached hydrogens (tertiary/aromatic N) is 2. The molecular weight excluding hydrogens is 412 g/mol. The van der Waals surface area contributed by atoms with Crippen LogP contribution in [0.5, 0.6) is 5.75 Å². The van der Waals surface area contributed by atoms with Crippen LogP contribution in [-0.4, -0.2) is 25.0 Å². The minimum atomic E-state index is -0.147. The van der Waals surface area contributed by atoms with Gasteiger partial charge in [0.05, 0.1) is 13.2 Å². The van der Waals surface area contributed by atoms with Crippen LogP contribution >= 0.6 is 0 Å². The first kappa shape index (κ1) is 22.3. The Bertz CT molecular complexity index is 1160. The highest BCUT2D eigenvalue weighted by atomic mass is 16.5. The van der Waals surface area contributed by atoms with Crippen LogP contribution in [0.1, 0.15) is 37.4 Å². The zero-order valence-electron chi connectivity index (χ0n) is 19.1. The molecule has 3 aromatic rings. The molecule has 0 unspecified atom stereocenters. The van der Waals surface area contributed by atoms with Gasteiger partial charge in [-0.1, -0.05) is 48.5 Å². The zero-order valence-corrected chi connectivity index (χ0v) is 19.1. The molecule has 2 atom stereocenters. The Balaban J connectivity index is 1.66. The number of ether oxygens (including phenoxy) is 1. The molecule has 0 saturated carbocycles. The molecule has 3 aromatic carbocycles. The van der Waals surface area contributed by atoms with Gasteiger partial charge in [-0.05, 0) is 60.9 Å². The maximum atomic E-state index is 13.3. The molecule has 2 amide bonds. The second kappa shape index (κ2) is 9.74. The van der Waals surface area contributed by atoms with E-state index in [1.54, 1.807) is 20.1 Å². The summed E-state index contributed by atoms with van der Waals surface area (Å²) >= 11 is 0. The van der Waals surface area contributed by atoms with Gasteiger partial charge in [0.25, 0.3) is 5.91 Å². The van der Waals surface area contributed by atoms with Crippen molar-refractivity contribution >= 4 is 29.3 Å². The van der Waals surface area contributed by atoms with Crippen molar-refractivity contribution in [3.8, 4) is 5.75 Å². The van der Waals surface area contributed by atoms with Crippen molar-refractivity contribution in [1.29, 1.82) is 0 Å². The van der Waals surface area contributed by atoms with Crippen LogP contribution in [0.25, 0.3) is 6.08 Å². The van der Waals surface area contributed by atoms with E-state index >= 15 is 0 Å². The minimum Gasteiger partial charge on any atom is -0.497 e. The minimum absolute atomic E-state index is 0.0209. The summed E-state index contributed by atoms with van der Waals surface area (Å²) in [5.74, 6) is 0.669. The Morgan fingerprint density at radius 1 is 0.970 bits per heavy atom. The number of rotatable bonds is 5. The van der Waals surface area contributed by atoms with Crippen LogP contribution in [0.3, 0.4) is 0 Å². The van der Waals surface area contributed by atoms with Crippen molar-refractivity contribution in [2.24, 2.45) is 0 Å². The molecule has 0 bridgehead atoms. The van der Waals surface area contributed by atoms with Gasteiger partial charge in [-0.25, -0.2) is 0 Å². The van der Waals surface area contributed by atoms with Gasteiger partial charge in [0.15, 0.2) is 0 Å². The SMILES string of the molecule is COc1ccc(/C=C/C(=O)N2c3ccccc3[C@@H](N(C(C)=O)c3ccccc3)C[C@@H]2C)cc1. The van der Waals surface area contributed by atoms with Crippen molar-refractivity contribution < 1.29 is 14.3 Å². The van der Waals surface area contributed by atoms with E-state index in [2.05, 4.69) is 0 Å². The van der Waals surface area contributed by atoms with Gasteiger partial charge >= 0.3 is 0 Å². The van der Waals surface area contributed by atoms with Crippen LogP contribution in [0.2, 0.25) is 0 Å². The van der Waals surface area contributed by atoms with Crippen molar-refractivity contribution in [1.82, 2.24) is 0 Å². The van der Waals surface area contributed by atoms with Crippen LogP contribution < -0.4 is 14.5 Å². The average Bonchev–Trinajstić information content (AvgIpc) is 2.83. The van der Waals surface area contributed by atoms with E-state index in [1.807, 2.05) is 102 Å². The lowest BCUT2D eigenvalue weighted by Gasteiger charge is -2.43. The molecule has 4 rings (SSSR count). The summed E-state index contributed by atoms with van der Waals surface area (Å²) in [6.07, 6.45) is 4.07. The number of carbonyl (C=O) groups excluding carboxylic acids is 2. The summed E-state index contributed by atoms with van der Waals surface area (Å²) in [5.41, 5.74) is 3.59. The van der Waals surface area contributed by atoms with Gasteiger partial charge in [-0.15, -0.1) is 0 Å². The fraction of sp³-hybridized carbons (Fsp3) is 0.214. The standard InChI is InChI=1S/C28H28N2O3/c1-20-19-27(30(21(2)31)23-9-5-4-6-10-23)25-11-7-8-12-26(25)29(20)28(32)18-15-22-13-16-24(33-3)17-14-22/h4-18,20,27H,19H2,1-3H3/b18-15+/t20-,27-/m0/s1. The number of amides is 2. The van der Waals surface area contributed by atoms with E-state index in [-0.39, 0.29) is 23.9 Å². The molecule has 1 aliphatic heterocycles. The molecule has 168 valence electrons. The number of hydrogen-bond acceptors (Lipinski definition) is 3. The topological polar surface area (TPSA) is 49.9 Å². The summed E-state index contributed by atoms with van der Waals surface area (Å²) in [4.78, 5) is 29.7. The van der Waals surface area contributed by atoms with Crippen LogP contribution in [0.15, 0.2) is 84.9 Å². The third kappa shape index (κ3) is 4.67. The largest absolute Gasteiger partial charge is 0.497 e. The number of hydrogen-bond donors (Lipinski definition) is 0. The Kier molecular flexibility index (Phi) is 6.59. The first-order valence-electron chi connectivity index (χ1n) is 11.1. The lowest BCUT2D eigenvalue weighted by atomic mass is 9.89. The molecule has 0 aliphatic carbocycles. The fourth-order valence-corrected chi connectivity index (χ4v) is 4.49. The van der Waals surface area contributed by atoms with E-state index < -0.39 is 0 Å². The maximum Gasteiger partial charge on any atom is 0.251 e. The van der Waals surface area contributed by atoms with Crippen molar-refractivity contribution in [2.75, 3.05) is 16.9 Å². The van der Waals surface area contributed by atoms with E-state index in [0.717, 1.165) is 28.3 Å². The summed E-state index contributed by atoms with van der Waals surface area (Å²) in [6, 6.07) is 24.9. The number of carbonyl (C=O) groups is 2. The lowest BCUT2D eigenvalue weighted by molar-refractivity contribution is -0.117. The number of para-hydroxylation sites is 2. The molecule has 0 aromatic heterocycles. The Morgan fingerprint density at radius 3 is 2.30 bits per heavy atom. The lowest BCUT2D eigenvalue weighted by Crippen LogP contribution is -2.47. The van der Waals surface area contributed by atoms with Crippen molar-refractivity contribution in [2.45, 2.75) is 32.4 Å². The second-order valence-electron chi connectivity index (χ2n) is 8.20. The molecule has 5 nitrogen and oxygen atoms in total. The molecule has 0 spiro atoms. The zero-order chi connectivity index (χ0) is 23.4. The predicted octanol–water partition coefficient (Wildman–Crippen LogP) is 5.63. The highest BCUT2D eigenvalue weighted by Gasteiger charge is 2.37. The molecular formula is C28H28N2O3. The first-order chi connectivity index (χ1) is 16.0. The molecule has 0 N–H and O–H groups in total. The van der Waals surface area contributed by atoms with Crippen LogP contribution in [-0.2, 0) is 9.59 Å². The van der Waals surface area contributed by atoms with E-state index in [9.17, 15) is 9.59 Å². The third-order valence-electron chi connectivity index (χ3n) is 6.02. The number of benzene rings is 3. The number of fused-ring (bicyclic) bond motifs is 1. The number of methoxy groups -OCH3 is 1. The van der Waals surface area contributed by atoms with Crippen molar-refractivity contribution in [3.05, 3.63) is 96.1 Å². The quantitative estimate of drug-likeness (QED) is 0.483. The average molecular weight is 441 g/mol. The van der Waals surface area contributed by atoms with E-state index in [0.29, 0.717) is 6.42 Å².